The van der Waals surface area contributed by atoms with Crippen molar-refractivity contribution in [2.45, 2.75) is 37.8 Å². The number of nitrogens with one attached hydrogen (secondary N) is 1. The van der Waals surface area contributed by atoms with E-state index in [2.05, 4.69) is 18.3 Å². The molecule has 2 unspecified atom stereocenters. The highest BCUT2D eigenvalue weighted by atomic mass is 16.5. The number of rotatable bonds is 3. The van der Waals surface area contributed by atoms with Crippen LogP contribution in [0.5, 0.6) is 0 Å². The Hall–Kier alpha value is -0.560. The fourth-order valence-electron chi connectivity index (χ4n) is 1.64. The molecule has 12 heavy (non-hydrogen) atoms. The molecule has 3 nitrogen and oxygen atoms in total. The minimum absolute atomic E-state index is 0.0741. The minimum Gasteiger partial charge on any atom is -0.374 e. The van der Waals surface area contributed by atoms with Gasteiger partial charge in [0.05, 0.1) is 11.6 Å². The number of ether oxygens (including phenoxy) is 1. The van der Waals surface area contributed by atoms with Gasteiger partial charge in [-0.25, -0.2) is 0 Å². The molecule has 0 aromatic rings. The molecule has 1 saturated heterocycles. The van der Waals surface area contributed by atoms with E-state index in [-0.39, 0.29) is 11.6 Å². The lowest BCUT2D eigenvalue weighted by Gasteiger charge is -2.31. The van der Waals surface area contributed by atoms with Crippen LogP contribution < -0.4 is 11.3 Å². The normalized spacial score (nSPS) is 31.4. The van der Waals surface area contributed by atoms with E-state index in [1.165, 1.54) is 0 Å². The van der Waals surface area contributed by atoms with Crippen molar-refractivity contribution in [1.82, 2.24) is 5.43 Å². The molecule has 1 aliphatic heterocycles. The molecule has 0 aromatic heterocycles. The van der Waals surface area contributed by atoms with Crippen LogP contribution in [0.3, 0.4) is 0 Å². The Morgan fingerprint density at radius 1 is 1.83 bits per heavy atom. The second-order valence-corrected chi connectivity index (χ2v) is 3.39. The number of hydrazine groups is 1. The molecular weight excluding hydrogens is 152 g/mol. The first-order valence-corrected chi connectivity index (χ1v) is 4.26. The molecule has 0 amide bonds. The molecule has 0 saturated carbocycles. The Morgan fingerprint density at radius 3 is 3.00 bits per heavy atom. The highest BCUT2D eigenvalue weighted by molar-refractivity contribution is 4.99. The molecular formula is C9H16N2O. The predicted molar refractivity (Wildman–Crippen MR) is 48.2 cm³/mol. The van der Waals surface area contributed by atoms with Gasteiger partial charge in [0.1, 0.15) is 0 Å². The highest BCUT2D eigenvalue weighted by Gasteiger charge is 2.37. The minimum atomic E-state index is -0.166. The van der Waals surface area contributed by atoms with Crippen LogP contribution in [0.2, 0.25) is 0 Å². The summed E-state index contributed by atoms with van der Waals surface area (Å²) in [6.45, 7) is 2.88. The summed E-state index contributed by atoms with van der Waals surface area (Å²) < 4.78 is 5.61. The summed E-state index contributed by atoms with van der Waals surface area (Å²) in [5, 5.41) is 0. The molecule has 2 atom stereocenters. The van der Waals surface area contributed by atoms with Crippen LogP contribution in [-0.2, 0) is 4.74 Å². The third kappa shape index (κ3) is 1.78. The predicted octanol–water partition coefficient (Wildman–Crippen LogP) is 0.411. The average molecular weight is 168 g/mol. The first kappa shape index (κ1) is 9.53. The summed E-state index contributed by atoms with van der Waals surface area (Å²) in [6, 6.07) is 0.0741. The van der Waals surface area contributed by atoms with Crippen LogP contribution in [0.15, 0.2) is 0 Å². The number of terminal acetylenes is 1. The van der Waals surface area contributed by atoms with Crippen LogP contribution in [0.1, 0.15) is 26.2 Å². The summed E-state index contributed by atoms with van der Waals surface area (Å²) in [6.07, 6.45) is 7.98. The Balaban J connectivity index is 2.57. The fourth-order valence-corrected chi connectivity index (χ4v) is 1.64. The molecule has 1 aliphatic rings. The quantitative estimate of drug-likeness (QED) is 0.364. The lowest BCUT2D eigenvalue weighted by Crippen LogP contribution is -2.51. The Kier molecular flexibility index (Phi) is 3.10. The van der Waals surface area contributed by atoms with Gasteiger partial charge in [0.25, 0.3) is 0 Å². The van der Waals surface area contributed by atoms with Crippen molar-refractivity contribution in [2.24, 2.45) is 5.84 Å². The largest absolute Gasteiger partial charge is 0.374 e. The number of hydrogen-bond donors (Lipinski definition) is 2. The van der Waals surface area contributed by atoms with Crippen LogP contribution >= 0.6 is 0 Å². The van der Waals surface area contributed by atoms with Crippen molar-refractivity contribution in [3.63, 3.8) is 0 Å². The zero-order valence-corrected chi connectivity index (χ0v) is 7.47. The van der Waals surface area contributed by atoms with Gasteiger partial charge in [0.2, 0.25) is 0 Å². The molecule has 3 heteroatoms. The molecule has 0 bridgehead atoms. The molecule has 0 aromatic carbocycles. The van der Waals surface area contributed by atoms with Gasteiger partial charge in [-0.3, -0.25) is 11.3 Å². The SMILES string of the molecule is C#CCC(NN)C1(C)CCCO1. The van der Waals surface area contributed by atoms with Gasteiger partial charge in [-0.05, 0) is 19.8 Å². The molecule has 68 valence electrons. The van der Waals surface area contributed by atoms with Gasteiger partial charge in [0.15, 0.2) is 0 Å². The van der Waals surface area contributed by atoms with Gasteiger partial charge in [-0.15, -0.1) is 12.3 Å². The Labute approximate surface area is 73.6 Å². The van der Waals surface area contributed by atoms with Crippen LogP contribution in [0.25, 0.3) is 0 Å². The van der Waals surface area contributed by atoms with Gasteiger partial charge >= 0.3 is 0 Å². The maximum Gasteiger partial charge on any atom is 0.0830 e. The fraction of sp³-hybridized carbons (Fsp3) is 0.778. The Bertz CT molecular complexity index is 179. The summed E-state index contributed by atoms with van der Waals surface area (Å²) in [4.78, 5) is 0. The van der Waals surface area contributed by atoms with Gasteiger partial charge in [-0.2, -0.15) is 0 Å². The number of nitrogens with two attached hydrogens (primary N) is 1. The molecule has 0 spiro atoms. The van der Waals surface area contributed by atoms with E-state index in [4.69, 9.17) is 17.0 Å². The summed E-state index contributed by atoms with van der Waals surface area (Å²) in [5.74, 6) is 8.00. The molecule has 1 rings (SSSR count). The lowest BCUT2D eigenvalue weighted by atomic mass is 9.91. The second-order valence-electron chi connectivity index (χ2n) is 3.39. The van der Waals surface area contributed by atoms with Crippen molar-refractivity contribution in [3.05, 3.63) is 0 Å². The standard InChI is InChI=1S/C9H16N2O/c1-3-5-8(11-10)9(2)6-4-7-12-9/h1,8,11H,4-7,10H2,2H3. The van der Waals surface area contributed by atoms with E-state index >= 15 is 0 Å². The zero-order chi connectivity index (χ0) is 9.03. The topological polar surface area (TPSA) is 47.3 Å². The zero-order valence-electron chi connectivity index (χ0n) is 7.47. The van der Waals surface area contributed by atoms with E-state index in [0.29, 0.717) is 6.42 Å². The van der Waals surface area contributed by atoms with Crippen molar-refractivity contribution in [3.8, 4) is 12.3 Å². The average Bonchev–Trinajstić information content (AvgIpc) is 2.49. The highest BCUT2D eigenvalue weighted by Crippen LogP contribution is 2.29. The molecule has 1 fully saturated rings. The third-order valence-electron chi connectivity index (χ3n) is 2.51. The van der Waals surface area contributed by atoms with Crippen molar-refractivity contribution in [1.29, 1.82) is 0 Å². The summed E-state index contributed by atoms with van der Waals surface area (Å²) in [7, 11) is 0. The van der Waals surface area contributed by atoms with E-state index in [1.807, 2.05) is 0 Å². The van der Waals surface area contributed by atoms with Gasteiger partial charge in [0, 0.05) is 13.0 Å². The van der Waals surface area contributed by atoms with E-state index < -0.39 is 0 Å². The first-order chi connectivity index (χ1) is 5.73. The molecule has 0 aliphatic carbocycles. The van der Waals surface area contributed by atoms with Gasteiger partial charge in [-0.1, -0.05) is 0 Å². The van der Waals surface area contributed by atoms with Crippen LogP contribution in [0.4, 0.5) is 0 Å². The monoisotopic (exact) mass is 168 g/mol. The van der Waals surface area contributed by atoms with Crippen molar-refractivity contribution in [2.75, 3.05) is 6.61 Å². The summed E-state index contributed by atoms with van der Waals surface area (Å²) in [5.41, 5.74) is 2.55. The molecule has 1 heterocycles. The summed E-state index contributed by atoms with van der Waals surface area (Å²) >= 11 is 0. The maximum absolute atomic E-state index is 5.61. The first-order valence-electron chi connectivity index (χ1n) is 4.26. The van der Waals surface area contributed by atoms with Crippen LogP contribution in [0, 0.1) is 12.3 Å². The van der Waals surface area contributed by atoms with E-state index in [1.54, 1.807) is 0 Å². The maximum atomic E-state index is 5.61. The van der Waals surface area contributed by atoms with Crippen LogP contribution in [-0.4, -0.2) is 18.2 Å². The van der Waals surface area contributed by atoms with Crippen molar-refractivity contribution >= 4 is 0 Å². The third-order valence-corrected chi connectivity index (χ3v) is 2.51. The van der Waals surface area contributed by atoms with E-state index in [9.17, 15) is 0 Å². The number of hydrogen-bond acceptors (Lipinski definition) is 3. The molecule has 3 N–H and O–H groups in total. The smallest absolute Gasteiger partial charge is 0.0830 e. The van der Waals surface area contributed by atoms with Crippen molar-refractivity contribution < 1.29 is 4.74 Å². The Morgan fingerprint density at radius 2 is 2.58 bits per heavy atom. The van der Waals surface area contributed by atoms with Gasteiger partial charge < -0.3 is 4.74 Å². The molecule has 0 radical (unpaired) electrons. The second kappa shape index (κ2) is 3.90. The lowest BCUT2D eigenvalue weighted by molar-refractivity contribution is -0.0102. The van der Waals surface area contributed by atoms with E-state index in [0.717, 1.165) is 19.4 Å².